The zero-order valence-electron chi connectivity index (χ0n) is 20.3. The second-order valence-corrected chi connectivity index (χ2v) is 11.1. The third-order valence-electron chi connectivity index (χ3n) is 5.77. The first-order chi connectivity index (χ1) is 14.4. The first-order valence-electron chi connectivity index (χ1n) is 11.4. The van der Waals surface area contributed by atoms with E-state index in [-0.39, 0.29) is 10.8 Å². The minimum Gasteiger partial charge on any atom is -0.492 e. The molecule has 4 heteroatoms. The molecule has 0 unspecified atom stereocenters. The van der Waals surface area contributed by atoms with Gasteiger partial charge in [-0.1, -0.05) is 89.9 Å². The van der Waals surface area contributed by atoms with Crippen LogP contribution in [-0.2, 0) is 11.8 Å². The number of hydrogen-bond donors (Lipinski definition) is 0. The highest BCUT2D eigenvalue weighted by Gasteiger charge is 2.28. The Bertz CT molecular complexity index is 851. The van der Waals surface area contributed by atoms with E-state index in [1.165, 1.54) is 11.1 Å². The lowest BCUT2D eigenvalue weighted by Crippen LogP contribution is -2.28. The number of hydrogen-bond acceptors (Lipinski definition) is 2. The predicted molar refractivity (Wildman–Crippen MR) is 136 cm³/mol. The van der Waals surface area contributed by atoms with Crippen LogP contribution in [0, 0.1) is 5.41 Å². The molecule has 0 fully saturated rings. The van der Waals surface area contributed by atoms with Crippen LogP contribution in [0.3, 0.4) is 0 Å². The van der Waals surface area contributed by atoms with Gasteiger partial charge in [0.25, 0.3) is 0 Å². The highest BCUT2D eigenvalue weighted by molar-refractivity contribution is 6.35. The molecular weight excluding hydrogens is 425 g/mol. The normalized spacial score (nSPS) is 12.5. The number of nitrogens with zero attached hydrogens (tertiary/aromatic N) is 1. The van der Waals surface area contributed by atoms with E-state index in [0.717, 1.165) is 43.8 Å². The third kappa shape index (κ3) is 8.00. The van der Waals surface area contributed by atoms with Crippen LogP contribution < -0.4 is 4.74 Å². The number of rotatable bonds is 10. The van der Waals surface area contributed by atoms with Crippen LogP contribution in [0.15, 0.2) is 36.4 Å². The number of ether oxygens (including phenoxy) is 1. The van der Waals surface area contributed by atoms with E-state index in [1.54, 1.807) is 0 Å². The SMILES string of the molecule is CCN(CC)CCOc1ccc(C(C)(C)CC(C)(C)C)cc1Cc1ccc(Cl)cc1Cl. The van der Waals surface area contributed by atoms with Gasteiger partial charge < -0.3 is 9.64 Å². The maximum atomic E-state index is 6.50. The topological polar surface area (TPSA) is 12.5 Å². The van der Waals surface area contributed by atoms with E-state index in [4.69, 9.17) is 27.9 Å². The van der Waals surface area contributed by atoms with Crippen molar-refractivity contribution in [1.82, 2.24) is 4.90 Å². The summed E-state index contributed by atoms with van der Waals surface area (Å²) in [4.78, 5) is 2.37. The van der Waals surface area contributed by atoms with E-state index in [1.807, 2.05) is 18.2 Å². The Morgan fingerprint density at radius 3 is 2.13 bits per heavy atom. The average molecular weight is 465 g/mol. The number of halogens is 2. The van der Waals surface area contributed by atoms with Gasteiger partial charge in [-0.05, 0) is 65.2 Å². The van der Waals surface area contributed by atoms with Gasteiger partial charge in [-0.2, -0.15) is 0 Å². The number of likely N-dealkylation sites (N-methyl/N-ethyl adjacent to an activating group) is 1. The Balaban J connectivity index is 2.35. The van der Waals surface area contributed by atoms with Crippen molar-refractivity contribution >= 4 is 23.2 Å². The van der Waals surface area contributed by atoms with Gasteiger partial charge in [-0.25, -0.2) is 0 Å². The minimum atomic E-state index is 0.0660. The largest absolute Gasteiger partial charge is 0.492 e. The molecule has 2 aromatic carbocycles. The van der Waals surface area contributed by atoms with Crippen molar-refractivity contribution in [3.8, 4) is 5.75 Å². The summed E-state index contributed by atoms with van der Waals surface area (Å²) in [6.07, 6.45) is 1.82. The van der Waals surface area contributed by atoms with Crippen molar-refractivity contribution in [2.75, 3.05) is 26.2 Å². The molecule has 31 heavy (non-hydrogen) atoms. The number of benzene rings is 2. The zero-order valence-corrected chi connectivity index (χ0v) is 21.8. The van der Waals surface area contributed by atoms with Gasteiger partial charge in [0.15, 0.2) is 0 Å². The maximum absolute atomic E-state index is 6.50. The maximum Gasteiger partial charge on any atom is 0.122 e. The molecule has 0 aromatic heterocycles. The molecule has 0 saturated heterocycles. The van der Waals surface area contributed by atoms with Crippen molar-refractivity contribution < 1.29 is 4.74 Å². The summed E-state index contributed by atoms with van der Waals surface area (Å²) in [6, 6.07) is 12.4. The van der Waals surface area contributed by atoms with Crippen LogP contribution in [0.4, 0.5) is 0 Å². The first kappa shape index (κ1) is 26.0. The van der Waals surface area contributed by atoms with Crippen LogP contribution in [0.5, 0.6) is 5.75 Å². The second-order valence-electron chi connectivity index (χ2n) is 10.2. The van der Waals surface area contributed by atoms with Gasteiger partial charge in [0.1, 0.15) is 12.4 Å². The third-order valence-corrected chi connectivity index (χ3v) is 6.36. The van der Waals surface area contributed by atoms with Crippen LogP contribution in [0.25, 0.3) is 0 Å². The van der Waals surface area contributed by atoms with Crippen LogP contribution in [0.1, 0.15) is 71.6 Å². The molecule has 0 bridgehead atoms. The Labute approximate surface area is 199 Å². The Hall–Kier alpha value is -1.22. The summed E-state index contributed by atoms with van der Waals surface area (Å²) in [5.74, 6) is 0.938. The quantitative estimate of drug-likeness (QED) is 0.353. The second kappa shape index (κ2) is 11.1. The molecule has 0 saturated carbocycles. The lowest BCUT2D eigenvalue weighted by molar-refractivity contribution is 0.221. The van der Waals surface area contributed by atoms with Gasteiger partial charge in [0, 0.05) is 23.0 Å². The minimum absolute atomic E-state index is 0.0660. The fourth-order valence-electron chi connectivity index (χ4n) is 4.40. The molecule has 172 valence electrons. The molecule has 2 nitrogen and oxygen atoms in total. The monoisotopic (exact) mass is 463 g/mol. The van der Waals surface area contributed by atoms with Gasteiger partial charge in [-0.3, -0.25) is 0 Å². The van der Waals surface area contributed by atoms with Crippen molar-refractivity contribution in [2.45, 2.75) is 66.7 Å². The van der Waals surface area contributed by atoms with Crippen molar-refractivity contribution in [3.63, 3.8) is 0 Å². The van der Waals surface area contributed by atoms with Gasteiger partial charge in [0.2, 0.25) is 0 Å². The predicted octanol–water partition coefficient (Wildman–Crippen LogP) is 8.02. The lowest BCUT2D eigenvalue weighted by Gasteiger charge is -2.33. The molecule has 0 aliphatic carbocycles. The van der Waals surface area contributed by atoms with E-state index < -0.39 is 0 Å². The summed E-state index contributed by atoms with van der Waals surface area (Å²) in [5.41, 5.74) is 3.88. The molecule has 0 heterocycles. The molecule has 0 aliphatic heterocycles. The summed E-state index contributed by atoms with van der Waals surface area (Å²) in [5, 5.41) is 1.35. The lowest BCUT2D eigenvalue weighted by atomic mass is 9.72. The molecule has 0 spiro atoms. The smallest absolute Gasteiger partial charge is 0.122 e. The Morgan fingerprint density at radius 1 is 0.871 bits per heavy atom. The summed E-state index contributed by atoms with van der Waals surface area (Å²) < 4.78 is 6.26. The van der Waals surface area contributed by atoms with E-state index in [2.05, 4.69) is 71.6 Å². The van der Waals surface area contributed by atoms with E-state index in [9.17, 15) is 0 Å². The molecule has 2 rings (SSSR count). The molecule has 0 amide bonds. The molecule has 0 aliphatic rings. The summed E-state index contributed by atoms with van der Waals surface area (Å²) >= 11 is 12.6. The average Bonchev–Trinajstić information content (AvgIpc) is 2.66. The highest BCUT2D eigenvalue weighted by atomic mass is 35.5. The molecular formula is C27H39Cl2NO. The van der Waals surface area contributed by atoms with Gasteiger partial charge >= 0.3 is 0 Å². The van der Waals surface area contributed by atoms with Crippen LogP contribution in [0.2, 0.25) is 10.0 Å². The van der Waals surface area contributed by atoms with Crippen LogP contribution >= 0.6 is 23.2 Å². The molecule has 0 N–H and O–H groups in total. The van der Waals surface area contributed by atoms with E-state index in [0.29, 0.717) is 16.7 Å². The summed E-state index contributed by atoms with van der Waals surface area (Å²) in [7, 11) is 0. The summed E-state index contributed by atoms with van der Waals surface area (Å²) in [6.45, 7) is 19.6. The van der Waals surface area contributed by atoms with Crippen LogP contribution in [-0.4, -0.2) is 31.1 Å². The fourth-order valence-corrected chi connectivity index (χ4v) is 4.88. The van der Waals surface area contributed by atoms with Gasteiger partial charge in [-0.15, -0.1) is 0 Å². The Morgan fingerprint density at radius 2 is 1.55 bits per heavy atom. The molecule has 0 atom stereocenters. The highest BCUT2D eigenvalue weighted by Crippen LogP contribution is 2.38. The Kier molecular flexibility index (Phi) is 9.30. The first-order valence-corrected chi connectivity index (χ1v) is 12.1. The van der Waals surface area contributed by atoms with Gasteiger partial charge in [0.05, 0.1) is 0 Å². The van der Waals surface area contributed by atoms with Crippen molar-refractivity contribution in [2.24, 2.45) is 5.41 Å². The fraction of sp³-hybridized carbons (Fsp3) is 0.556. The zero-order chi connectivity index (χ0) is 23.2. The van der Waals surface area contributed by atoms with Crippen molar-refractivity contribution in [3.05, 3.63) is 63.1 Å². The standard InChI is InChI=1S/C27H39Cl2NO/c1-8-30(9-2)14-15-31-25-13-11-22(27(6,7)19-26(3,4)5)17-21(25)16-20-10-12-23(28)18-24(20)29/h10-13,17-18H,8-9,14-16,19H2,1-7H3. The molecule has 2 aromatic rings. The molecule has 0 radical (unpaired) electrons. The van der Waals surface area contributed by atoms with E-state index >= 15 is 0 Å². The van der Waals surface area contributed by atoms with Crippen molar-refractivity contribution in [1.29, 1.82) is 0 Å².